The van der Waals surface area contributed by atoms with Crippen molar-refractivity contribution in [3.63, 3.8) is 0 Å². The first kappa shape index (κ1) is 16.2. The Kier molecular flexibility index (Phi) is 4.88. The Morgan fingerprint density at radius 3 is 2.54 bits per heavy atom. The number of aryl methyl sites for hydroxylation is 2. The van der Waals surface area contributed by atoms with Crippen LogP contribution in [0.25, 0.3) is 0 Å². The predicted octanol–water partition coefficient (Wildman–Crippen LogP) is 1.85. The Balaban J connectivity index is 1.59. The van der Waals surface area contributed by atoms with Crippen molar-refractivity contribution in [3.05, 3.63) is 42.0 Å². The maximum absolute atomic E-state index is 12.4. The highest BCUT2D eigenvalue weighted by Crippen LogP contribution is 2.19. The van der Waals surface area contributed by atoms with Crippen LogP contribution in [0.15, 0.2) is 30.9 Å². The van der Waals surface area contributed by atoms with Crippen molar-refractivity contribution in [2.45, 2.75) is 32.7 Å². The molecular formula is C17H21N5O2. The normalized spacial score (nSPS) is 14.0. The van der Waals surface area contributed by atoms with Crippen molar-refractivity contribution in [1.29, 1.82) is 0 Å². The third-order valence-electron chi connectivity index (χ3n) is 4.20. The van der Waals surface area contributed by atoms with Gasteiger partial charge in [-0.25, -0.2) is 0 Å². The van der Waals surface area contributed by atoms with Crippen LogP contribution in [-0.2, 0) is 11.3 Å². The topological polar surface area (TPSA) is 80.1 Å². The number of aromatic nitrogens is 3. The van der Waals surface area contributed by atoms with Gasteiger partial charge in [0.2, 0.25) is 5.91 Å². The van der Waals surface area contributed by atoms with Gasteiger partial charge >= 0.3 is 0 Å². The molecule has 0 bridgehead atoms. The van der Waals surface area contributed by atoms with Crippen molar-refractivity contribution in [2.24, 2.45) is 0 Å². The molecule has 2 heterocycles. The summed E-state index contributed by atoms with van der Waals surface area (Å²) in [5.74, 6) is -0.00787. The van der Waals surface area contributed by atoms with E-state index in [1.165, 1.54) is 0 Å². The first-order chi connectivity index (χ1) is 11.6. The molecule has 1 fully saturated rings. The smallest absolute Gasteiger partial charge is 0.253 e. The van der Waals surface area contributed by atoms with Crippen LogP contribution in [0.4, 0.5) is 5.69 Å². The predicted molar refractivity (Wildman–Crippen MR) is 89.6 cm³/mol. The van der Waals surface area contributed by atoms with Gasteiger partial charge in [-0.1, -0.05) is 0 Å². The largest absolute Gasteiger partial charge is 0.339 e. The molecule has 2 amide bonds. The van der Waals surface area contributed by atoms with Crippen molar-refractivity contribution < 1.29 is 9.59 Å². The molecule has 1 aromatic carbocycles. The zero-order chi connectivity index (χ0) is 16.9. The highest BCUT2D eigenvalue weighted by molar-refractivity contribution is 5.96. The van der Waals surface area contributed by atoms with Crippen LogP contribution in [0.2, 0.25) is 0 Å². The minimum absolute atomic E-state index is 0.0704. The lowest BCUT2D eigenvalue weighted by molar-refractivity contribution is -0.116. The van der Waals surface area contributed by atoms with Crippen molar-refractivity contribution in [2.75, 3.05) is 18.4 Å². The number of rotatable bonds is 5. The number of hydrogen-bond donors (Lipinski definition) is 1. The number of likely N-dealkylation sites (tertiary alicyclic amines) is 1. The molecular weight excluding hydrogens is 306 g/mol. The molecule has 1 aliphatic heterocycles. The van der Waals surface area contributed by atoms with E-state index in [9.17, 15) is 9.59 Å². The van der Waals surface area contributed by atoms with Gasteiger partial charge in [-0.2, -0.15) is 0 Å². The van der Waals surface area contributed by atoms with Gasteiger partial charge in [0.15, 0.2) is 0 Å². The summed E-state index contributed by atoms with van der Waals surface area (Å²) in [5, 5.41) is 10.3. The zero-order valence-electron chi connectivity index (χ0n) is 13.7. The molecule has 1 saturated heterocycles. The lowest BCUT2D eigenvalue weighted by Crippen LogP contribution is -2.27. The van der Waals surface area contributed by atoms with Crippen LogP contribution in [0.5, 0.6) is 0 Å². The Hall–Kier alpha value is -2.70. The highest BCUT2D eigenvalue weighted by Gasteiger charge is 2.19. The minimum Gasteiger partial charge on any atom is -0.339 e. The van der Waals surface area contributed by atoms with E-state index in [4.69, 9.17) is 0 Å². The van der Waals surface area contributed by atoms with E-state index >= 15 is 0 Å². The lowest BCUT2D eigenvalue weighted by atomic mass is 10.1. The number of nitrogens with one attached hydrogen (secondary N) is 1. The number of amides is 2. The molecule has 0 spiro atoms. The molecule has 24 heavy (non-hydrogen) atoms. The van der Waals surface area contributed by atoms with Gasteiger partial charge in [0.1, 0.15) is 12.7 Å². The second-order valence-electron chi connectivity index (χ2n) is 6.03. The number of hydrogen-bond acceptors (Lipinski definition) is 4. The summed E-state index contributed by atoms with van der Waals surface area (Å²) in [5.41, 5.74) is 2.30. The molecule has 0 atom stereocenters. The van der Waals surface area contributed by atoms with Crippen molar-refractivity contribution in [3.8, 4) is 0 Å². The molecule has 2 aromatic rings. The second kappa shape index (κ2) is 7.25. The summed E-state index contributed by atoms with van der Waals surface area (Å²) >= 11 is 0. The van der Waals surface area contributed by atoms with Gasteiger partial charge in [-0.3, -0.25) is 9.59 Å². The van der Waals surface area contributed by atoms with E-state index in [-0.39, 0.29) is 11.8 Å². The van der Waals surface area contributed by atoms with E-state index in [2.05, 4.69) is 15.5 Å². The zero-order valence-corrected chi connectivity index (χ0v) is 13.7. The average Bonchev–Trinajstić information content (AvgIpc) is 3.27. The second-order valence-corrected chi connectivity index (χ2v) is 6.03. The molecule has 3 rings (SSSR count). The first-order valence-corrected chi connectivity index (χ1v) is 8.15. The monoisotopic (exact) mass is 327 g/mol. The lowest BCUT2D eigenvalue weighted by Gasteiger charge is -2.16. The Bertz CT molecular complexity index is 721. The van der Waals surface area contributed by atoms with Crippen molar-refractivity contribution in [1.82, 2.24) is 19.7 Å². The van der Waals surface area contributed by atoms with Gasteiger partial charge in [-0.15, -0.1) is 10.2 Å². The summed E-state index contributed by atoms with van der Waals surface area (Å²) in [6.45, 7) is 4.10. The van der Waals surface area contributed by atoms with E-state index in [0.29, 0.717) is 18.5 Å². The fraction of sp³-hybridized carbons (Fsp3) is 0.412. The van der Waals surface area contributed by atoms with Crippen LogP contribution in [0.1, 0.15) is 35.2 Å². The SMILES string of the molecule is Cc1cc(C(=O)N2CCCC2)ccc1NC(=O)CCn1cnnc1. The summed E-state index contributed by atoms with van der Waals surface area (Å²) in [6.07, 6.45) is 5.65. The fourth-order valence-corrected chi connectivity index (χ4v) is 2.82. The summed E-state index contributed by atoms with van der Waals surface area (Å²) < 4.78 is 1.75. The summed E-state index contributed by atoms with van der Waals surface area (Å²) in [4.78, 5) is 26.3. The standard InChI is InChI=1S/C17H21N5O2/c1-13-10-14(17(24)22-7-2-3-8-22)4-5-15(13)20-16(23)6-9-21-11-18-19-12-21/h4-5,10-12H,2-3,6-9H2,1H3,(H,20,23). The molecule has 7 nitrogen and oxygen atoms in total. The quantitative estimate of drug-likeness (QED) is 0.909. The van der Waals surface area contributed by atoms with E-state index in [1.54, 1.807) is 29.4 Å². The van der Waals surface area contributed by atoms with Crippen LogP contribution < -0.4 is 5.32 Å². The Morgan fingerprint density at radius 1 is 1.17 bits per heavy atom. The summed E-state index contributed by atoms with van der Waals surface area (Å²) in [7, 11) is 0. The third-order valence-corrected chi connectivity index (χ3v) is 4.20. The van der Waals surface area contributed by atoms with Crippen LogP contribution in [-0.4, -0.2) is 44.6 Å². The van der Waals surface area contributed by atoms with Gasteiger partial charge in [0.25, 0.3) is 5.91 Å². The Morgan fingerprint density at radius 2 is 1.88 bits per heavy atom. The van der Waals surface area contributed by atoms with E-state index in [1.807, 2.05) is 17.9 Å². The van der Waals surface area contributed by atoms with Crippen LogP contribution in [0.3, 0.4) is 0 Å². The van der Waals surface area contributed by atoms with Gasteiger partial charge in [0, 0.05) is 37.3 Å². The van der Waals surface area contributed by atoms with Gasteiger partial charge in [0.05, 0.1) is 0 Å². The van der Waals surface area contributed by atoms with Crippen molar-refractivity contribution >= 4 is 17.5 Å². The molecule has 1 aromatic heterocycles. The number of carbonyl (C=O) groups excluding carboxylic acids is 2. The minimum atomic E-state index is -0.0783. The number of nitrogens with zero attached hydrogens (tertiary/aromatic N) is 4. The number of anilines is 1. The van der Waals surface area contributed by atoms with Gasteiger partial charge < -0.3 is 14.8 Å². The molecule has 0 saturated carbocycles. The van der Waals surface area contributed by atoms with Crippen LogP contribution >= 0.6 is 0 Å². The third kappa shape index (κ3) is 3.79. The Labute approximate surface area is 140 Å². The molecule has 1 aliphatic rings. The fourth-order valence-electron chi connectivity index (χ4n) is 2.82. The first-order valence-electron chi connectivity index (χ1n) is 8.15. The van der Waals surface area contributed by atoms with Gasteiger partial charge in [-0.05, 0) is 43.5 Å². The molecule has 1 N–H and O–H groups in total. The number of carbonyl (C=O) groups is 2. The highest BCUT2D eigenvalue weighted by atomic mass is 16.2. The van der Waals surface area contributed by atoms with Crippen LogP contribution in [0, 0.1) is 6.92 Å². The average molecular weight is 327 g/mol. The molecule has 0 aliphatic carbocycles. The molecule has 0 radical (unpaired) electrons. The van der Waals surface area contributed by atoms with E-state index in [0.717, 1.165) is 37.2 Å². The molecule has 126 valence electrons. The summed E-state index contributed by atoms with van der Waals surface area (Å²) in [6, 6.07) is 5.43. The molecule has 0 unspecified atom stereocenters. The number of benzene rings is 1. The van der Waals surface area contributed by atoms with E-state index < -0.39 is 0 Å². The maximum Gasteiger partial charge on any atom is 0.253 e. The maximum atomic E-state index is 12.4. The molecule has 7 heteroatoms.